The van der Waals surface area contributed by atoms with Crippen LogP contribution in [0.3, 0.4) is 0 Å². The lowest BCUT2D eigenvalue weighted by Gasteiger charge is -2.13. The van der Waals surface area contributed by atoms with E-state index in [0.717, 1.165) is 16.7 Å². The number of halogens is 1. The van der Waals surface area contributed by atoms with Crippen LogP contribution in [0.5, 0.6) is 0 Å². The molecule has 0 fully saturated rings. The predicted octanol–water partition coefficient (Wildman–Crippen LogP) is 3.96. The van der Waals surface area contributed by atoms with E-state index < -0.39 is 10.0 Å². The van der Waals surface area contributed by atoms with Crippen molar-refractivity contribution >= 4 is 27.5 Å². The minimum absolute atomic E-state index is 0.161. The van der Waals surface area contributed by atoms with Gasteiger partial charge in [0.25, 0.3) is 5.91 Å². The van der Waals surface area contributed by atoms with Crippen LogP contribution in [-0.2, 0) is 28.9 Å². The fourth-order valence-electron chi connectivity index (χ4n) is 3.52. The van der Waals surface area contributed by atoms with Gasteiger partial charge in [-0.25, -0.2) is 17.8 Å². The Morgan fingerprint density at radius 2 is 1.70 bits per heavy atom. The van der Waals surface area contributed by atoms with Gasteiger partial charge < -0.3 is 5.32 Å². The molecule has 1 heterocycles. The minimum Gasteiger partial charge on any atom is -0.348 e. The molecule has 0 aliphatic carbocycles. The third-order valence-corrected chi connectivity index (χ3v) is 6.97. The van der Waals surface area contributed by atoms with Gasteiger partial charge in [-0.2, -0.15) is 5.10 Å². The Balaban J connectivity index is 1.73. The molecule has 176 valence electrons. The molecule has 2 aromatic carbocycles. The fourth-order valence-corrected chi connectivity index (χ4v) is 5.34. The highest BCUT2D eigenvalue weighted by Crippen LogP contribution is 2.21. The highest BCUT2D eigenvalue weighted by Gasteiger charge is 2.21. The number of aryl methyl sites for hydroxylation is 2. The zero-order valence-corrected chi connectivity index (χ0v) is 20.8. The van der Waals surface area contributed by atoms with E-state index in [1.54, 1.807) is 43.7 Å². The summed E-state index contributed by atoms with van der Waals surface area (Å²) >= 11 is 6.51. The first-order chi connectivity index (χ1) is 15.6. The maximum Gasteiger partial charge on any atom is 0.256 e. The zero-order chi connectivity index (χ0) is 24.2. The topological polar surface area (TPSA) is 93.1 Å². The van der Waals surface area contributed by atoms with E-state index in [2.05, 4.69) is 15.1 Å². The lowest BCUT2D eigenvalue weighted by Crippen LogP contribution is -2.32. The van der Waals surface area contributed by atoms with Gasteiger partial charge in [-0.15, -0.1) is 0 Å². The zero-order valence-electron chi connectivity index (χ0n) is 19.2. The quantitative estimate of drug-likeness (QED) is 0.476. The summed E-state index contributed by atoms with van der Waals surface area (Å²) in [5.41, 5.74) is 4.39. The van der Waals surface area contributed by atoms with Gasteiger partial charge in [0.05, 0.1) is 23.6 Å². The molecule has 3 rings (SSSR count). The Labute approximate surface area is 200 Å². The third kappa shape index (κ3) is 6.66. The number of hydrogen-bond acceptors (Lipinski definition) is 4. The molecule has 0 saturated heterocycles. The van der Waals surface area contributed by atoms with Crippen LogP contribution in [-0.4, -0.2) is 30.1 Å². The molecule has 3 aromatic rings. The molecular formula is C24H29ClN4O3S. The van der Waals surface area contributed by atoms with Crippen molar-refractivity contribution in [1.29, 1.82) is 0 Å². The largest absolute Gasteiger partial charge is 0.348 e. The lowest BCUT2D eigenvalue weighted by atomic mass is 10.1. The summed E-state index contributed by atoms with van der Waals surface area (Å²) in [6, 6.07) is 15.0. The van der Waals surface area contributed by atoms with Crippen molar-refractivity contribution in [3.63, 3.8) is 0 Å². The van der Waals surface area contributed by atoms with Gasteiger partial charge in [-0.1, -0.05) is 65.7 Å². The Bertz CT molecular complexity index is 1240. The molecule has 1 aromatic heterocycles. The van der Waals surface area contributed by atoms with Gasteiger partial charge in [0.2, 0.25) is 10.0 Å². The van der Waals surface area contributed by atoms with E-state index in [1.807, 2.05) is 37.3 Å². The van der Waals surface area contributed by atoms with E-state index >= 15 is 0 Å². The molecule has 33 heavy (non-hydrogen) atoms. The van der Waals surface area contributed by atoms with Gasteiger partial charge in [-0.05, 0) is 44.4 Å². The number of aromatic nitrogens is 2. The second kappa shape index (κ2) is 10.5. The number of sulfonamides is 1. The second-order valence-electron chi connectivity index (χ2n) is 8.38. The molecule has 2 N–H and O–H groups in total. The van der Waals surface area contributed by atoms with Gasteiger partial charge in [0, 0.05) is 12.6 Å². The molecule has 7 nitrogen and oxygen atoms in total. The van der Waals surface area contributed by atoms with E-state index in [-0.39, 0.29) is 29.4 Å². The number of rotatable bonds is 9. The molecule has 0 saturated carbocycles. The normalized spacial score (nSPS) is 11.7. The van der Waals surface area contributed by atoms with Crippen LogP contribution in [0.2, 0.25) is 5.15 Å². The molecule has 1 amide bonds. The molecule has 0 aliphatic rings. The standard InChI is InChI=1S/C24H29ClN4O3S/c1-16(2)28-33(31,32)15-21-8-6-5-7-20(21)13-26-24(30)22-18(4)27-29(23(22)25)14-19-11-9-17(3)10-12-19/h5-12,16,28H,13-15H2,1-4H3,(H,26,30). The maximum absolute atomic E-state index is 12.9. The van der Waals surface area contributed by atoms with Crippen LogP contribution in [0, 0.1) is 13.8 Å². The molecule has 9 heteroatoms. The van der Waals surface area contributed by atoms with Crippen molar-refractivity contribution in [2.45, 2.75) is 52.6 Å². The lowest BCUT2D eigenvalue weighted by molar-refractivity contribution is 0.0950. The number of amides is 1. The predicted molar refractivity (Wildman–Crippen MR) is 131 cm³/mol. The Kier molecular flexibility index (Phi) is 7.94. The number of benzene rings is 2. The number of nitrogens with zero attached hydrogens (tertiary/aromatic N) is 2. The second-order valence-corrected chi connectivity index (χ2v) is 10.5. The van der Waals surface area contributed by atoms with E-state index in [4.69, 9.17) is 11.6 Å². The smallest absolute Gasteiger partial charge is 0.256 e. The number of hydrogen-bond donors (Lipinski definition) is 2. The van der Waals surface area contributed by atoms with Crippen LogP contribution in [0.25, 0.3) is 0 Å². The van der Waals surface area contributed by atoms with Crippen molar-refractivity contribution in [3.05, 3.63) is 87.2 Å². The average Bonchev–Trinajstić information content (AvgIpc) is 3.00. The Morgan fingerprint density at radius 1 is 1.06 bits per heavy atom. The highest BCUT2D eigenvalue weighted by molar-refractivity contribution is 7.88. The van der Waals surface area contributed by atoms with Gasteiger partial charge in [-0.3, -0.25) is 4.79 Å². The van der Waals surface area contributed by atoms with Crippen molar-refractivity contribution in [2.24, 2.45) is 0 Å². The average molecular weight is 489 g/mol. The molecule has 0 atom stereocenters. The molecule has 0 bridgehead atoms. The molecule has 0 aliphatic heterocycles. The number of carbonyl (C=O) groups is 1. The fraction of sp³-hybridized carbons (Fsp3) is 0.333. The van der Waals surface area contributed by atoms with Gasteiger partial charge in [0.1, 0.15) is 5.15 Å². The van der Waals surface area contributed by atoms with Crippen molar-refractivity contribution in [3.8, 4) is 0 Å². The van der Waals surface area contributed by atoms with Crippen LogP contribution >= 0.6 is 11.6 Å². The van der Waals surface area contributed by atoms with Crippen LogP contribution in [0.1, 0.15) is 52.2 Å². The maximum atomic E-state index is 12.9. The van der Waals surface area contributed by atoms with E-state index in [1.165, 1.54) is 0 Å². The summed E-state index contributed by atoms with van der Waals surface area (Å²) in [6.45, 7) is 7.93. The van der Waals surface area contributed by atoms with Gasteiger partial charge in [0.15, 0.2) is 0 Å². The number of carbonyl (C=O) groups excluding carboxylic acids is 1. The van der Waals surface area contributed by atoms with E-state index in [0.29, 0.717) is 23.4 Å². The summed E-state index contributed by atoms with van der Waals surface area (Å²) in [6.07, 6.45) is 0. The van der Waals surface area contributed by atoms with E-state index in [9.17, 15) is 13.2 Å². The SMILES string of the molecule is Cc1ccc(Cn2nc(C)c(C(=O)NCc3ccccc3CS(=O)(=O)NC(C)C)c2Cl)cc1. The first kappa shape index (κ1) is 25.0. The first-order valence-electron chi connectivity index (χ1n) is 10.7. The monoisotopic (exact) mass is 488 g/mol. The van der Waals surface area contributed by atoms with Crippen molar-refractivity contribution in [2.75, 3.05) is 0 Å². The van der Waals surface area contributed by atoms with Crippen LogP contribution < -0.4 is 10.0 Å². The highest BCUT2D eigenvalue weighted by atomic mass is 35.5. The third-order valence-electron chi connectivity index (χ3n) is 5.06. The van der Waals surface area contributed by atoms with Crippen molar-refractivity contribution < 1.29 is 13.2 Å². The molecule has 0 radical (unpaired) electrons. The Hall–Kier alpha value is -2.68. The summed E-state index contributed by atoms with van der Waals surface area (Å²) in [5, 5.41) is 7.56. The summed E-state index contributed by atoms with van der Waals surface area (Å²) in [4.78, 5) is 12.9. The summed E-state index contributed by atoms with van der Waals surface area (Å²) < 4.78 is 28.9. The van der Waals surface area contributed by atoms with Crippen LogP contribution in [0.4, 0.5) is 0 Å². The molecular weight excluding hydrogens is 460 g/mol. The Morgan fingerprint density at radius 3 is 2.33 bits per heavy atom. The van der Waals surface area contributed by atoms with Crippen molar-refractivity contribution in [1.82, 2.24) is 19.8 Å². The van der Waals surface area contributed by atoms with Crippen LogP contribution in [0.15, 0.2) is 48.5 Å². The first-order valence-corrected chi connectivity index (χ1v) is 12.7. The molecule has 0 unspecified atom stereocenters. The summed E-state index contributed by atoms with van der Waals surface area (Å²) in [5.74, 6) is -0.517. The number of nitrogens with one attached hydrogen (secondary N) is 2. The van der Waals surface area contributed by atoms with Gasteiger partial charge >= 0.3 is 0 Å². The summed E-state index contributed by atoms with van der Waals surface area (Å²) in [7, 11) is -3.49. The minimum atomic E-state index is -3.49. The molecule has 0 spiro atoms.